The Hall–Kier alpha value is -2.08. The van der Waals surface area contributed by atoms with Crippen LogP contribution in [0.2, 0.25) is 5.15 Å². The molecule has 0 saturated heterocycles. The minimum atomic E-state index is -1.02. The third-order valence-electron chi connectivity index (χ3n) is 5.30. The Bertz CT molecular complexity index is 1160. The molecular weight excluding hydrogens is 361 g/mol. The fourth-order valence-corrected chi connectivity index (χ4v) is 3.09. The first kappa shape index (κ1) is 18.3. The van der Waals surface area contributed by atoms with Crippen LogP contribution in [0, 0.1) is 0 Å². The maximum Gasteiger partial charge on any atom is 0.333 e. The van der Waals surface area contributed by atoms with E-state index in [-0.39, 0.29) is 0 Å². The van der Waals surface area contributed by atoms with Gasteiger partial charge in [-0.1, -0.05) is 35.9 Å². The molecule has 2 aromatic heterocycles. The molecule has 0 bridgehead atoms. The molecule has 0 fully saturated rings. The van der Waals surface area contributed by atoms with Gasteiger partial charge in [0, 0.05) is 17.0 Å². The van der Waals surface area contributed by atoms with Crippen molar-refractivity contribution in [2.75, 3.05) is 0 Å². The van der Waals surface area contributed by atoms with Crippen molar-refractivity contribution < 1.29 is 14.2 Å². The van der Waals surface area contributed by atoms with Gasteiger partial charge >= 0.3 is 7.48 Å². The zero-order valence-corrected chi connectivity index (χ0v) is 16.5. The van der Waals surface area contributed by atoms with Crippen LogP contribution in [0.5, 0.6) is 0 Å². The summed E-state index contributed by atoms with van der Waals surface area (Å²) in [4.78, 5) is 4.23. The van der Waals surface area contributed by atoms with Crippen LogP contribution in [0.25, 0.3) is 32.7 Å². The fourth-order valence-electron chi connectivity index (χ4n) is 2.91. The van der Waals surface area contributed by atoms with Gasteiger partial charge in [-0.25, -0.2) is 4.98 Å². The van der Waals surface area contributed by atoms with E-state index in [0.717, 1.165) is 32.6 Å². The number of furan rings is 1. The molecule has 4 aromatic rings. The van der Waals surface area contributed by atoms with Gasteiger partial charge in [0.15, 0.2) is 10.7 Å². The Labute approximate surface area is 163 Å². The van der Waals surface area contributed by atoms with Crippen LogP contribution in [0.15, 0.2) is 47.0 Å². The molecule has 137 valence electrons. The van der Waals surface area contributed by atoms with E-state index in [1.54, 1.807) is 27.5 Å². The normalized spacial score (nSPS) is 13.0. The number of aromatic nitrogens is 1. The van der Waals surface area contributed by atoms with Gasteiger partial charge < -0.3 is 14.2 Å². The third kappa shape index (κ3) is 3.10. The van der Waals surface area contributed by atoms with Crippen LogP contribution in [0.4, 0.5) is 0 Å². The number of fused-ring (bicyclic) bond motifs is 4. The molecule has 1 N–H and O–H groups in total. The maximum absolute atomic E-state index is 10.3. The molecule has 0 atom stereocenters. The summed E-state index contributed by atoms with van der Waals surface area (Å²) < 4.78 is 11.9. The van der Waals surface area contributed by atoms with E-state index in [0.29, 0.717) is 10.7 Å². The Morgan fingerprint density at radius 3 is 2.44 bits per heavy atom. The van der Waals surface area contributed by atoms with Gasteiger partial charge in [-0.05, 0) is 56.1 Å². The highest BCUT2D eigenvalue weighted by molar-refractivity contribution is 6.53. The second kappa shape index (κ2) is 6.23. The van der Waals surface area contributed by atoms with Gasteiger partial charge in [0.2, 0.25) is 0 Å². The SMILES string of the molecule is CC(C)(O)C(C)(C)O[B]c1cnc(Cl)c2oc3cc4ccccc4cc3c12. The summed E-state index contributed by atoms with van der Waals surface area (Å²) >= 11 is 6.30. The van der Waals surface area contributed by atoms with Gasteiger partial charge in [0.1, 0.15) is 5.58 Å². The fraction of sp³-hybridized carbons (Fsp3) is 0.286. The van der Waals surface area contributed by atoms with Crippen molar-refractivity contribution in [2.24, 2.45) is 0 Å². The second-order valence-electron chi connectivity index (χ2n) is 7.81. The number of rotatable bonds is 4. The standard InChI is InChI=1S/C21H20BClNO3/c1-20(2,25)21(3,4)27-22-15-11-24-19(23)18-17(15)14-9-12-7-5-6-8-13(12)10-16(14)26-18/h5-11,25H,1-4H3. The maximum atomic E-state index is 10.3. The minimum Gasteiger partial charge on any atom is -0.453 e. The molecule has 0 aliphatic heterocycles. The van der Waals surface area contributed by atoms with Crippen molar-refractivity contribution in [1.82, 2.24) is 4.98 Å². The van der Waals surface area contributed by atoms with Crippen LogP contribution < -0.4 is 5.46 Å². The molecule has 1 radical (unpaired) electrons. The van der Waals surface area contributed by atoms with Gasteiger partial charge in [0.05, 0.1) is 11.2 Å². The molecule has 4 rings (SSSR count). The van der Waals surface area contributed by atoms with E-state index in [1.165, 1.54) is 0 Å². The summed E-state index contributed by atoms with van der Waals surface area (Å²) in [7, 11) is 1.62. The number of pyridine rings is 1. The molecule has 0 aliphatic carbocycles. The average Bonchev–Trinajstić information content (AvgIpc) is 2.98. The summed E-state index contributed by atoms with van der Waals surface area (Å²) in [6.07, 6.45) is 1.66. The van der Waals surface area contributed by atoms with Crippen LogP contribution >= 0.6 is 11.6 Å². The lowest BCUT2D eigenvalue weighted by Gasteiger charge is -2.37. The molecular formula is C21H20BClNO3. The first-order valence-electron chi connectivity index (χ1n) is 8.80. The summed E-state index contributed by atoms with van der Waals surface area (Å²) in [6.45, 7) is 7.11. The summed E-state index contributed by atoms with van der Waals surface area (Å²) in [5, 5.41) is 14.6. The number of halogens is 1. The predicted octanol–water partition coefficient (Wildman–Crippen LogP) is 4.60. The van der Waals surface area contributed by atoms with E-state index in [9.17, 15) is 5.11 Å². The Morgan fingerprint density at radius 2 is 1.78 bits per heavy atom. The summed E-state index contributed by atoms with van der Waals surface area (Å²) in [6, 6.07) is 12.2. The van der Waals surface area contributed by atoms with Crippen molar-refractivity contribution in [3.8, 4) is 0 Å². The molecule has 2 aromatic carbocycles. The second-order valence-corrected chi connectivity index (χ2v) is 8.17. The molecule has 0 saturated carbocycles. The Kier molecular flexibility index (Phi) is 4.22. The highest BCUT2D eigenvalue weighted by atomic mass is 35.5. The van der Waals surface area contributed by atoms with Crippen LogP contribution in [-0.4, -0.2) is 28.8 Å². The highest BCUT2D eigenvalue weighted by Crippen LogP contribution is 2.34. The number of nitrogens with zero attached hydrogens (tertiary/aromatic N) is 1. The first-order valence-corrected chi connectivity index (χ1v) is 9.18. The predicted molar refractivity (Wildman–Crippen MR) is 111 cm³/mol. The number of hydrogen-bond acceptors (Lipinski definition) is 4. The topological polar surface area (TPSA) is 55.5 Å². The van der Waals surface area contributed by atoms with Crippen molar-refractivity contribution in [1.29, 1.82) is 0 Å². The Balaban J connectivity index is 1.88. The smallest absolute Gasteiger partial charge is 0.333 e. The first-order chi connectivity index (χ1) is 12.7. The van der Waals surface area contributed by atoms with Crippen molar-refractivity contribution >= 4 is 57.3 Å². The van der Waals surface area contributed by atoms with Crippen LogP contribution in [0.1, 0.15) is 27.7 Å². The van der Waals surface area contributed by atoms with Crippen molar-refractivity contribution in [2.45, 2.75) is 38.9 Å². The lowest BCUT2D eigenvalue weighted by Crippen LogP contribution is -2.49. The molecule has 6 heteroatoms. The van der Waals surface area contributed by atoms with Crippen molar-refractivity contribution in [3.05, 3.63) is 47.7 Å². The van der Waals surface area contributed by atoms with E-state index < -0.39 is 11.2 Å². The van der Waals surface area contributed by atoms with Gasteiger partial charge in [0.25, 0.3) is 0 Å². The van der Waals surface area contributed by atoms with Crippen LogP contribution in [-0.2, 0) is 4.65 Å². The highest BCUT2D eigenvalue weighted by Gasteiger charge is 2.36. The van der Waals surface area contributed by atoms with Gasteiger partial charge in [-0.2, -0.15) is 0 Å². The zero-order valence-electron chi connectivity index (χ0n) is 15.7. The molecule has 4 nitrogen and oxygen atoms in total. The Morgan fingerprint density at radius 1 is 1.11 bits per heavy atom. The summed E-state index contributed by atoms with van der Waals surface area (Å²) in [5.74, 6) is 0. The monoisotopic (exact) mass is 380 g/mol. The molecule has 0 amide bonds. The molecule has 27 heavy (non-hydrogen) atoms. The van der Waals surface area contributed by atoms with E-state index in [1.807, 2.05) is 38.1 Å². The van der Waals surface area contributed by atoms with E-state index in [2.05, 4.69) is 17.1 Å². The minimum absolute atomic E-state index is 0.309. The molecule has 0 spiro atoms. The molecule has 2 heterocycles. The number of aliphatic hydroxyl groups is 1. The lowest BCUT2D eigenvalue weighted by molar-refractivity contribution is -0.0893. The zero-order chi connectivity index (χ0) is 19.4. The van der Waals surface area contributed by atoms with Crippen LogP contribution in [0.3, 0.4) is 0 Å². The number of hydrogen-bond donors (Lipinski definition) is 1. The summed E-state index contributed by atoms with van der Waals surface area (Å²) in [5.41, 5.74) is 0.221. The quantitative estimate of drug-likeness (QED) is 0.415. The van der Waals surface area contributed by atoms with E-state index in [4.69, 9.17) is 20.7 Å². The van der Waals surface area contributed by atoms with Gasteiger partial charge in [-0.15, -0.1) is 0 Å². The lowest BCUT2D eigenvalue weighted by atomic mass is 9.81. The molecule has 0 aliphatic rings. The average molecular weight is 381 g/mol. The third-order valence-corrected chi connectivity index (χ3v) is 5.57. The van der Waals surface area contributed by atoms with Gasteiger partial charge in [-0.3, -0.25) is 0 Å². The molecule has 0 unspecified atom stereocenters. The van der Waals surface area contributed by atoms with E-state index >= 15 is 0 Å². The van der Waals surface area contributed by atoms with Crippen molar-refractivity contribution in [3.63, 3.8) is 0 Å². The largest absolute Gasteiger partial charge is 0.453 e. The number of benzene rings is 2.